The molecule has 0 bridgehead atoms. The molecule has 20 heavy (non-hydrogen) atoms. The molecule has 1 unspecified atom stereocenters. The zero-order chi connectivity index (χ0) is 14.4. The number of rotatable bonds is 7. The van der Waals surface area contributed by atoms with Gasteiger partial charge in [0.2, 0.25) is 0 Å². The topological polar surface area (TPSA) is 59.2 Å². The van der Waals surface area contributed by atoms with Crippen LogP contribution in [0.2, 0.25) is 0 Å². The van der Waals surface area contributed by atoms with Crippen LogP contribution >= 0.6 is 0 Å². The van der Waals surface area contributed by atoms with Crippen molar-refractivity contribution in [1.82, 2.24) is 10.2 Å². The van der Waals surface area contributed by atoms with Gasteiger partial charge in [0.05, 0.1) is 24.9 Å². The zero-order valence-corrected chi connectivity index (χ0v) is 12.1. The van der Waals surface area contributed by atoms with Crippen LogP contribution in [0.5, 0.6) is 11.5 Å². The SMILES string of the molecule is CCOc1ccc(NC(C)c2ccn[nH]2)cc1OCC. The molecule has 1 aromatic carbocycles. The Hall–Kier alpha value is -2.17. The van der Waals surface area contributed by atoms with E-state index in [9.17, 15) is 0 Å². The van der Waals surface area contributed by atoms with Crippen molar-refractivity contribution in [2.24, 2.45) is 0 Å². The van der Waals surface area contributed by atoms with Crippen LogP contribution in [0.1, 0.15) is 32.5 Å². The van der Waals surface area contributed by atoms with Crippen molar-refractivity contribution in [1.29, 1.82) is 0 Å². The smallest absolute Gasteiger partial charge is 0.163 e. The number of hydrogen-bond donors (Lipinski definition) is 2. The number of nitrogens with one attached hydrogen (secondary N) is 2. The number of benzene rings is 1. The van der Waals surface area contributed by atoms with Gasteiger partial charge in [-0.25, -0.2) is 0 Å². The van der Waals surface area contributed by atoms with Crippen LogP contribution in [0.4, 0.5) is 5.69 Å². The maximum atomic E-state index is 5.62. The van der Waals surface area contributed by atoms with Gasteiger partial charge < -0.3 is 14.8 Å². The highest BCUT2D eigenvalue weighted by Gasteiger charge is 2.10. The second-order valence-corrected chi connectivity index (χ2v) is 4.41. The predicted molar refractivity (Wildman–Crippen MR) is 79.4 cm³/mol. The number of H-pyrrole nitrogens is 1. The van der Waals surface area contributed by atoms with Crippen molar-refractivity contribution < 1.29 is 9.47 Å². The number of aromatic nitrogens is 2. The molecule has 0 saturated heterocycles. The van der Waals surface area contributed by atoms with Gasteiger partial charge in [0.25, 0.3) is 0 Å². The van der Waals surface area contributed by atoms with Gasteiger partial charge >= 0.3 is 0 Å². The Morgan fingerprint density at radius 3 is 2.55 bits per heavy atom. The van der Waals surface area contributed by atoms with Gasteiger partial charge in [0.1, 0.15) is 0 Å². The molecule has 2 rings (SSSR count). The molecule has 1 heterocycles. The van der Waals surface area contributed by atoms with Crippen molar-refractivity contribution in [3.63, 3.8) is 0 Å². The number of nitrogens with zero attached hydrogens (tertiary/aromatic N) is 1. The number of aromatic amines is 1. The molecule has 2 aromatic rings. The van der Waals surface area contributed by atoms with Crippen LogP contribution in [0.25, 0.3) is 0 Å². The van der Waals surface area contributed by atoms with Gasteiger partial charge in [0.15, 0.2) is 11.5 Å². The van der Waals surface area contributed by atoms with Crippen LogP contribution in [-0.4, -0.2) is 23.4 Å². The summed E-state index contributed by atoms with van der Waals surface area (Å²) in [5.41, 5.74) is 2.02. The lowest BCUT2D eigenvalue weighted by Crippen LogP contribution is -2.07. The van der Waals surface area contributed by atoms with Crippen LogP contribution in [-0.2, 0) is 0 Å². The zero-order valence-electron chi connectivity index (χ0n) is 12.1. The Bertz CT molecular complexity index is 526. The summed E-state index contributed by atoms with van der Waals surface area (Å²) in [4.78, 5) is 0. The van der Waals surface area contributed by atoms with Crippen molar-refractivity contribution >= 4 is 5.69 Å². The van der Waals surface area contributed by atoms with E-state index in [0.717, 1.165) is 22.9 Å². The first-order chi connectivity index (χ1) is 9.74. The summed E-state index contributed by atoms with van der Waals surface area (Å²) in [6, 6.07) is 7.97. The minimum absolute atomic E-state index is 0.143. The largest absolute Gasteiger partial charge is 0.490 e. The Kier molecular flexibility index (Phi) is 4.87. The third-order valence-electron chi connectivity index (χ3n) is 2.92. The predicted octanol–water partition coefficient (Wildman–Crippen LogP) is 3.38. The lowest BCUT2D eigenvalue weighted by Gasteiger charge is -2.16. The fraction of sp³-hybridized carbons (Fsp3) is 0.400. The standard InChI is InChI=1S/C15H21N3O2/c1-4-19-14-7-6-12(10-15(14)20-5-2)17-11(3)13-8-9-16-18-13/h6-11,17H,4-5H2,1-3H3,(H,16,18). The fourth-order valence-electron chi connectivity index (χ4n) is 1.98. The molecule has 1 atom stereocenters. The van der Waals surface area contributed by atoms with Gasteiger partial charge in [-0.05, 0) is 39.0 Å². The van der Waals surface area contributed by atoms with Gasteiger partial charge in [-0.3, -0.25) is 5.10 Å². The van der Waals surface area contributed by atoms with E-state index in [1.165, 1.54) is 0 Å². The van der Waals surface area contributed by atoms with Crippen LogP contribution in [0.3, 0.4) is 0 Å². The normalized spacial score (nSPS) is 11.9. The minimum atomic E-state index is 0.143. The Balaban J connectivity index is 2.13. The molecule has 0 saturated carbocycles. The minimum Gasteiger partial charge on any atom is -0.490 e. The summed E-state index contributed by atoms with van der Waals surface area (Å²) in [5.74, 6) is 1.53. The van der Waals surface area contributed by atoms with Crippen molar-refractivity contribution in [2.75, 3.05) is 18.5 Å². The molecule has 0 amide bonds. The van der Waals surface area contributed by atoms with E-state index in [0.29, 0.717) is 13.2 Å². The van der Waals surface area contributed by atoms with Crippen molar-refractivity contribution in [3.8, 4) is 11.5 Å². The summed E-state index contributed by atoms with van der Waals surface area (Å²) in [6.07, 6.45) is 1.75. The second-order valence-electron chi connectivity index (χ2n) is 4.41. The molecule has 0 aliphatic carbocycles. The average molecular weight is 275 g/mol. The molecule has 108 valence electrons. The van der Waals surface area contributed by atoms with E-state index in [1.807, 2.05) is 38.1 Å². The average Bonchev–Trinajstić information content (AvgIpc) is 2.96. The monoisotopic (exact) mass is 275 g/mol. The molecule has 0 aliphatic heterocycles. The van der Waals surface area contributed by atoms with Gasteiger partial charge in [-0.2, -0.15) is 5.10 Å². The van der Waals surface area contributed by atoms with Crippen LogP contribution in [0.15, 0.2) is 30.5 Å². The Morgan fingerprint density at radius 1 is 1.15 bits per heavy atom. The molecule has 0 aliphatic rings. The van der Waals surface area contributed by atoms with E-state index >= 15 is 0 Å². The summed E-state index contributed by atoms with van der Waals surface area (Å²) in [5, 5.41) is 10.3. The molecular formula is C15H21N3O2. The molecule has 0 radical (unpaired) electrons. The third kappa shape index (κ3) is 3.44. The Morgan fingerprint density at radius 2 is 1.90 bits per heavy atom. The highest BCUT2D eigenvalue weighted by atomic mass is 16.5. The van der Waals surface area contributed by atoms with Crippen molar-refractivity contribution in [2.45, 2.75) is 26.8 Å². The van der Waals surface area contributed by atoms with Gasteiger partial charge in [-0.15, -0.1) is 0 Å². The van der Waals surface area contributed by atoms with Crippen molar-refractivity contribution in [3.05, 3.63) is 36.2 Å². The number of anilines is 1. The highest BCUT2D eigenvalue weighted by Crippen LogP contribution is 2.31. The van der Waals surface area contributed by atoms with E-state index in [1.54, 1.807) is 6.20 Å². The second kappa shape index (κ2) is 6.84. The van der Waals surface area contributed by atoms with Crippen LogP contribution in [0, 0.1) is 0 Å². The summed E-state index contributed by atoms with van der Waals surface area (Å²) in [7, 11) is 0. The summed E-state index contributed by atoms with van der Waals surface area (Å²) < 4.78 is 11.2. The lowest BCUT2D eigenvalue weighted by molar-refractivity contribution is 0.288. The molecule has 5 heteroatoms. The molecule has 2 N–H and O–H groups in total. The molecular weight excluding hydrogens is 254 g/mol. The first-order valence-electron chi connectivity index (χ1n) is 6.90. The maximum Gasteiger partial charge on any atom is 0.163 e. The maximum absolute atomic E-state index is 5.62. The van der Waals surface area contributed by atoms with Gasteiger partial charge in [0, 0.05) is 18.0 Å². The summed E-state index contributed by atoms with van der Waals surface area (Å²) >= 11 is 0. The van der Waals surface area contributed by atoms with E-state index in [4.69, 9.17) is 9.47 Å². The number of hydrogen-bond acceptors (Lipinski definition) is 4. The van der Waals surface area contributed by atoms with Gasteiger partial charge in [-0.1, -0.05) is 0 Å². The quantitative estimate of drug-likeness (QED) is 0.813. The first-order valence-corrected chi connectivity index (χ1v) is 6.90. The molecule has 0 fully saturated rings. The molecule has 0 spiro atoms. The Labute approximate surface area is 119 Å². The highest BCUT2D eigenvalue weighted by molar-refractivity contribution is 5.55. The number of ether oxygens (including phenoxy) is 2. The molecule has 5 nitrogen and oxygen atoms in total. The lowest BCUT2D eigenvalue weighted by atomic mass is 10.2. The fourth-order valence-corrected chi connectivity index (χ4v) is 1.98. The van der Waals surface area contributed by atoms with E-state index in [2.05, 4.69) is 22.4 Å². The van der Waals surface area contributed by atoms with E-state index < -0.39 is 0 Å². The summed E-state index contributed by atoms with van der Waals surface area (Å²) in [6.45, 7) is 7.23. The molecule has 1 aromatic heterocycles. The third-order valence-corrected chi connectivity index (χ3v) is 2.92. The van der Waals surface area contributed by atoms with E-state index in [-0.39, 0.29) is 6.04 Å². The van der Waals surface area contributed by atoms with Crippen LogP contribution < -0.4 is 14.8 Å². The first kappa shape index (κ1) is 14.2.